The van der Waals surface area contributed by atoms with E-state index in [1.807, 2.05) is 25.1 Å². The zero-order valence-electron chi connectivity index (χ0n) is 8.22. The summed E-state index contributed by atoms with van der Waals surface area (Å²) in [5.74, 6) is 1.44. The van der Waals surface area contributed by atoms with Gasteiger partial charge >= 0.3 is 0 Å². The second-order valence-corrected chi connectivity index (χ2v) is 3.78. The van der Waals surface area contributed by atoms with Crippen molar-refractivity contribution < 1.29 is 4.74 Å². The summed E-state index contributed by atoms with van der Waals surface area (Å²) >= 11 is 11.6. The van der Waals surface area contributed by atoms with E-state index in [4.69, 9.17) is 27.9 Å². The van der Waals surface area contributed by atoms with E-state index in [-0.39, 0.29) is 0 Å². The van der Waals surface area contributed by atoms with Crippen molar-refractivity contribution in [2.24, 2.45) is 0 Å². The first kappa shape index (κ1) is 11.7. The van der Waals surface area contributed by atoms with E-state index in [1.165, 1.54) is 5.56 Å². The van der Waals surface area contributed by atoms with Crippen LogP contribution < -0.4 is 4.74 Å². The SMILES string of the molecule is CCOc1ccc(CCCCl)cc1Cl. The van der Waals surface area contributed by atoms with Crippen LogP contribution in [0.15, 0.2) is 18.2 Å². The zero-order chi connectivity index (χ0) is 10.4. The van der Waals surface area contributed by atoms with Crippen LogP contribution >= 0.6 is 23.2 Å². The molecule has 0 spiro atoms. The quantitative estimate of drug-likeness (QED) is 0.700. The second-order valence-electron chi connectivity index (χ2n) is 2.99. The first-order valence-electron chi connectivity index (χ1n) is 4.75. The molecule has 0 N–H and O–H groups in total. The van der Waals surface area contributed by atoms with Crippen LogP contribution in [0.3, 0.4) is 0 Å². The van der Waals surface area contributed by atoms with Crippen molar-refractivity contribution in [2.75, 3.05) is 12.5 Å². The van der Waals surface area contributed by atoms with E-state index in [1.54, 1.807) is 0 Å². The van der Waals surface area contributed by atoms with Crippen molar-refractivity contribution in [3.05, 3.63) is 28.8 Å². The van der Waals surface area contributed by atoms with Gasteiger partial charge in [-0.15, -0.1) is 11.6 Å². The van der Waals surface area contributed by atoms with Crippen molar-refractivity contribution in [1.82, 2.24) is 0 Å². The lowest BCUT2D eigenvalue weighted by molar-refractivity contribution is 0.340. The van der Waals surface area contributed by atoms with Gasteiger partial charge in [0.2, 0.25) is 0 Å². The lowest BCUT2D eigenvalue weighted by Gasteiger charge is -2.07. The Morgan fingerprint density at radius 3 is 2.71 bits per heavy atom. The normalized spacial score (nSPS) is 10.2. The summed E-state index contributed by atoms with van der Waals surface area (Å²) in [5.41, 5.74) is 1.21. The molecule has 1 aromatic rings. The summed E-state index contributed by atoms with van der Waals surface area (Å²) in [7, 11) is 0. The highest BCUT2D eigenvalue weighted by atomic mass is 35.5. The molecule has 0 unspecified atom stereocenters. The molecule has 14 heavy (non-hydrogen) atoms. The van der Waals surface area contributed by atoms with Crippen molar-refractivity contribution in [3.63, 3.8) is 0 Å². The van der Waals surface area contributed by atoms with E-state index < -0.39 is 0 Å². The molecule has 0 aliphatic rings. The van der Waals surface area contributed by atoms with Crippen LogP contribution in [0.4, 0.5) is 0 Å². The molecule has 0 aliphatic carbocycles. The van der Waals surface area contributed by atoms with Gasteiger partial charge in [0.05, 0.1) is 11.6 Å². The fraction of sp³-hybridized carbons (Fsp3) is 0.455. The summed E-state index contributed by atoms with van der Waals surface area (Å²) in [6, 6.07) is 5.89. The summed E-state index contributed by atoms with van der Waals surface area (Å²) in [6.07, 6.45) is 1.95. The molecule has 0 aliphatic heterocycles. The number of hydrogen-bond acceptors (Lipinski definition) is 1. The maximum absolute atomic E-state index is 6.03. The highest BCUT2D eigenvalue weighted by molar-refractivity contribution is 6.32. The standard InChI is InChI=1S/C11H14Cl2O/c1-2-14-11-6-5-9(4-3-7-12)8-10(11)13/h5-6,8H,2-4,7H2,1H3. The molecular weight excluding hydrogens is 219 g/mol. The molecule has 1 nitrogen and oxygen atoms in total. The number of benzene rings is 1. The molecular formula is C11H14Cl2O. The van der Waals surface area contributed by atoms with Gasteiger partial charge in [-0.2, -0.15) is 0 Å². The van der Waals surface area contributed by atoms with Gasteiger partial charge in [0.1, 0.15) is 5.75 Å². The van der Waals surface area contributed by atoms with Gasteiger partial charge in [-0.25, -0.2) is 0 Å². The van der Waals surface area contributed by atoms with E-state index in [0.717, 1.165) is 18.6 Å². The molecule has 0 heterocycles. The highest BCUT2D eigenvalue weighted by Crippen LogP contribution is 2.25. The lowest BCUT2D eigenvalue weighted by atomic mass is 10.1. The van der Waals surface area contributed by atoms with Crippen LogP contribution in [0.25, 0.3) is 0 Å². The number of hydrogen-bond donors (Lipinski definition) is 0. The third-order valence-corrected chi connectivity index (χ3v) is 2.46. The van der Waals surface area contributed by atoms with Crippen molar-refractivity contribution in [2.45, 2.75) is 19.8 Å². The molecule has 0 fully saturated rings. The topological polar surface area (TPSA) is 9.23 Å². The molecule has 0 radical (unpaired) electrons. The van der Waals surface area contributed by atoms with Crippen molar-refractivity contribution in [3.8, 4) is 5.75 Å². The van der Waals surface area contributed by atoms with Crippen LogP contribution in [0.1, 0.15) is 18.9 Å². The predicted octanol–water partition coefficient (Wildman–Crippen LogP) is 3.91. The van der Waals surface area contributed by atoms with Crippen LogP contribution in [-0.4, -0.2) is 12.5 Å². The molecule has 0 saturated heterocycles. The summed E-state index contributed by atoms with van der Waals surface area (Å²) in [4.78, 5) is 0. The summed E-state index contributed by atoms with van der Waals surface area (Å²) in [6.45, 7) is 2.58. The van der Waals surface area contributed by atoms with Crippen LogP contribution in [-0.2, 0) is 6.42 Å². The second kappa shape index (κ2) is 6.15. The number of aryl methyl sites for hydroxylation is 1. The first-order valence-corrected chi connectivity index (χ1v) is 5.66. The van der Waals surface area contributed by atoms with Gasteiger partial charge in [-0.1, -0.05) is 17.7 Å². The molecule has 0 amide bonds. The smallest absolute Gasteiger partial charge is 0.137 e. The van der Waals surface area contributed by atoms with E-state index in [9.17, 15) is 0 Å². The largest absolute Gasteiger partial charge is 0.492 e. The average Bonchev–Trinajstić information content (AvgIpc) is 2.19. The molecule has 0 atom stereocenters. The van der Waals surface area contributed by atoms with Gasteiger partial charge in [-0.05, 0) is 37.5 Å². The lowest BCUT2D eigenvalue weighted by Crippen LogP contribution is -1.93. The average molecular weight is 233 g/mol. The molecule has 0 aromatic heterocycles. The van der Waals surface area contributed by atoms with E-state index in [2.05, 4.69) is 0 Å². The fourth-order valence-electron chi connectivity index (χ4n) is 1.24. The molecule has 1 rings (SSSR count). The minimum atomic E-state index is 0.640. The van der Waals surface area contributed by atoms with Gasteiger partial charge in [-0.3, -0.25) is 0 Å². The summed E-state index contributed by atoms with van der Waals surface area (Å²) < 4.78 is 5.34. The number of halogens is 2. The Labute approximate surface area is 95.0 Å². The van der Waals surface area contributed by atoms with Gasteiger partial charge in [0.25, 0.3) is 0 Å². The Morgan fingerprint density at radius 1 is 1.36 bits per heavy atom. The van der Waals surface area contributed by atoms with Crippen molar-refractivity contribution >= 4 is 23.2 Å². The minimum Gasteiger partial charge on any atom is -0.492 e. The minimum absolute atomic E-state index is 0.640. The predicted molar refractivity (Wildman–Crippen MR) is 61.7 cm³/mol. The Hall–Kier alpha value is -0.400. The van der Waals surface area contributed by atoms with Gasteiger partial charge in [0.15, 0.2) is 0 Å². The van der Waals surface area contributed by atoms with Crippen LogP contribution in [0.5, 0.6) is 5.75 Å². The van der Waals surface area contributed by atoms with Crippen molar-refractivity contribution in [1.29, 1.82) is 0 Å². The third-order valence-electron chi connectivity index (χ3n) is 1.90. The molecule has 1 aromatic carbocycles. The monoisotopic (exact) mass is 232 g/mol. The number of alkyl halides is 1. The Balaban J connectivity index is 2.68. The van der Waals surface area contributed by atoms with E-state index >= 15 is 0 Å². The van der Waals surface area contributed by atoms with E-state index in [0.29, 0.717) is 17.5 Å². The maximum Gasteiger partial charge on any atom is 0.137 e. The number of rotatable bonds is 5. The fourth-order valence-corrected chi connectivity index (χ4v) is 1.63. The Bertz CT molecular complexity index is 287. The van der Waals surface area contributed by atoms with Crippen LogP contribution in [0, 0.1) is 0 Å². The molecule has 0 saturated carbocycles. The molecule has 3 heteroatoms. The number of ether oxygens (including phenoxy) is 1. The van der Waals surface area contributed by atoms with Gasteiger partial charge in [0, 0.05) is 5.88 Å². The van der Waals surface area contributed by atoms with Gasteiger partial charge < -0.3 is 4.74 Å². The molecule has 0 bridgehead atoms. The van der Waals surface area contributed by atoms with Crippen LogP contribution in [0.2, 0.25) is 5.02 Å². The Morgan fingerprint density at radius 2 is 2.14 bits per heavy atom. The Kier molecular flexibility index (Phi) is 5.13. The maximum atomic E-state index is 6.03. The third kappa shape index (κ3) is 3.39. The molecule has 78 valence electrons. The first-order chi connectivity index (χ1) is 6.77. The highest BCUT2D eigenvalue weighted by Gasteiger charge is 2.01. The zero-order valence-corrected chi connectivity index (χ0v) is 9.74. The summed E-state index contributed by atoms with van der Waals surface area (Å²) in [5, 5.41) is 0.680.